The zero-order chi connectivity index (χ0) is 16.4. The van der Waals surface area contributed by atoms with Gasteiger partial charge in [0.05, 0.1) is 0 Å². The Morgan fingerprint density at radius 3 is 3.04 bits per heavy atom. The second-order valence-corrected chi connectivity index (χ2v) is 6.26. The molecule has 0 aliphatic carbocycles. The second-order valence-electron chi connectivity index (χ2n) is 6.26. The van der Waals surface area contributed by atoms with Gasteiger partial charge in [-0.1, -0.05) is 0 Å². The van der Waals surface area contributed by atoms with Gasteiger partial charge in [-0.25, -0.2) is 9.50 Å². The van der Waals surface area contributed by atoms with Crippen molar-refractivity contribution in [3.8, 4) is 0 Å². The molecule has 7 heteroatoms. The van der Waals surface area contributed by atoms with Gasteiger partial charge in [0.15, 0.2) is 0 Å². The number of carbonyl (C=O) groups excluding carboxylic acids is 1. The Kier molecular flexibility index (Phi) is 4.56. The summed E-state index contributed by atoms with van der Waals surface area (Å²) in [6, 6.07) is 0. The number of nitrogens with zero attached hydrogens (tertiary/aromatic N) is 5. The lowest BCUT2D eigenvalue weighted by molar-refractivity contribution is -0.133. The molecule has 0 spiro atoms. The molecule has 3 heterocycles. The van der Waals surface area contributed by atoms with Crippen LogP contribution in [0, 0.1) is 19.8 Å². The van der Waals surface area contributed by atoms with Crippen LogP contribution in [0.3, 0.4) is 0 Å². The molecular formula is C16H23N5O2. The number of likely N-dealkylation sites (tertiary alicyclic amines) is 1. The lowest BCUT2D eigenvalue weighted by atomic mass is 9.98. The molecular weight excluding hydrogens is 294 g/mol. The van der Waals surface area contributed by atoms with Crippen molar-refractivity contribution in [2.45, 2.75) is 39.5 Å². The quantitative estimate of drug-likeness (QED) is 0.906. The number of hydrogen-bond donors (Lipinski definition) is 1. The average Bonchev–Trinajstić information content (AvgIpc) is 3.03. The van der Waals surface area contributed by atoms with Crippen LogP contribution in [0.4, 0.5) is 0 Å². The number of carbonyl (C=O) groups is 1. The number of piperidine rings is 1. The molecule has 0 bridgehead atoms. The summed E-state index contributed by atoms with van der Waals surface area (Å²) >= 11 is 0. The van der Waals surface area contributed by atoms with E-state index in [1.54, 1.807) is 4.52 Å². The molecule has 1 aliphatic heterocycles. The van der Waals surface area contributed by atoms with E-state index >= 15 is 0 Å². The zero-order valence-corrected chi connectivity index (χ0v) is 13.7. The summed E-state index contributed by atoms with van der Waals surface area (Å²) in [5, 5.41) is 13.5. The Morgan fingerprint density at radius 2 is 2.26 bits per heavy atom. The Bertz CT molecular complexity index is 712. The third-order valence-electron chi connectivity index (χ3n) is 4.71. The van der Waals surface area contributed by atoms with Crippen LogP contribution in [0.1, 0.15) is 36.2 Å². The molecule has 23 heavy (non-hydrogen) atoms. The maximum Gasteiger partial charge on any atom is 0.252 e. The van der Waals surface area contributed by atoms with E-state index in [2.05, 4.69) is 15.1 Å². The molecule has 0 saturated carbocycles. The maximum absolute atomic E-state index is 12.5. The van der Waals surface area contributed by atoms with E-state index in [1.807, 2.05) is 18.7 Å². The van der Waals surface area contributed by atoms with E-state index in [0.717, 1.165) is 36.3 Å². The van der Waals surface area contributed by atoms with Gasteiger partial charge in [0.2, 0.25) is 5.91 Å². The zero-order valence-electron chi connectivity index (χ0n) is 13.7. The fourth-order valence-electron chi connectivity index (χ4n) is 3.35. The predicted octanol–water partition coefficient (Wildman–Crippen LogP) is 0.905. The van der Waals surface area contributed by atoms with E-state index in [-0.39, 0.29) is 18.4 Å². The molecule has 0 aromatic carbocycles. The fraction of sp³-hybridized carbons (Fsp3) is 0.625. The van der Waals surface area contributed by atoms with Crippen LogP contribution in [0.5, 0.6) is 0 Å². The van der Waals surface area contributed by atoms with E-state index < -0.39 is 0 Å². The second kappa shape index (κ2) is 6.62. The van der Waals surface area contributed by atoms with Crippen LogP contribution < -0.4 is 0 Å². The molecule has 7 nitrogen and oxygen atoms in total. The first kappa shape index (κ1) is 15.9. The highest BCUT2D eigenvalue weighted by Gasteiger charge is 2.23. The summed E-state index contributed by atoms with van der Waals surface area (Å²) in [5.74, 6) is 0.974. The molecule has 1 saturated heterocycles. The number of rotatable bonds is 4. The van der Waals surface area contributed by atoms with Crippen LogP contribution in [0.25, 0.3) is 5.78 Å². The highest BCUT2D eigenvalue weighted by molar-refractivity contribution is 5.76. The van der Waals surface area contributed by atoms with Crippen molar-refractivity contribution in [1.29, 1.82) is 0 Å². The van der Waals surface area contributed by atoms with Crippen molar-refractivity contribution in [3.63, 3.8) is 0 Å². The number of aromatic nitrogens is 4. The Hall–Kier alpha value is -2.02. The molecule has 124 valence electrons. The predicted molar refractivity (Wildman–Crippen MR) is 85.0 cm³/mol. The standard InChI is InChI=1S/C16H23N5O2/c1-11-14(12(2)21-16(19-11)17-10-18-21)5-6-15(23)20-7-3-4-13(8-20)9-22/h10,13,22H,3-9H2,1-2H3. The van der Waals surface area contributed by atoms with Crippen molar-refractivity contribution in [2.75, 3.05) is 19.7 Å². The molecule has 1 atom stereocenters. The fourth-order valence-corrected chi connectivity index (χ4v) is 3.35. The van der Waals surface area contributed by atoms with Gasteiger partial charge in [0.25, 0.3) is 5.78 Å². The van der Waals surface area contributed by atoms with E-state index in [1.165, 1.54) is 6.33 Å². The summed E-state index contributed by atoms with van der Waals surface area (Å²) in [5.41, 5.74) is 2.96. The van der Waals surface area contributed by atoms with Crippen molar-refractivity contribution in [3.05, 3.63) is 23.3 Å². The van der Waals surface area contributed by atoms with Gasteiger partial charge in [-0.2, -0.15) is 10.1 Å². The van der Waals surface area contributed by atoms with Crippen LogP contribution in [-0.2, 0) is 11.2 Å². The molecule has 1 N–H and O–H groups in total. The van der Waals surface area contributed by atoms with E-state index in [0.29, 0.717) is 25.2 Å². The Morgan fingerprint density at radius 1 is 1.43 bits per heavy atom. The minimum atomic E-state index is 0.153. The number of aliphatic hydroxyl groups excluding tert-OH is 1. The summed E-state index contributed by atoms with van der Waals surface area (Å²) in [7, 11) is 0. The summed E-state index contributed by atoms with van der Waals surface area (Å²) in [6.45, 7) is 5.57. The lowest BCUT2D eigenvalue weighted by Gasteiger charge is -2.32. The van der Waals surface area contributed by atoms with Gasteiger partial charge < -0.3 is 10.0 Å². The van der Waals surface area contributed by atoms with Gasteiger partial charge in [-0.3, -0.25) is 4.79 Å². The monoisotopic (exact) mass is 317 g/mol. The first-order valence-corrected chi connectivity index (χ1v) is 8.14. The molecule has 3 rings (SSSR count). The maximum atomic E-state index is 12.5. The van der Waals surface area contributed by atoms with Gasteiger partial charge in [-0.15, -0.1) is 0 Å². The molecule has 1 aliphatic rings. The normalized spacial score (nSPS) is 18.6. The number of hydrogen-bond acceptors (Lipinski definition) is 5. The van der Waals surface area contributed by atoms with Crippen molar-refractivity contribution >= 4 is 11.7 Å². The number of aliphatic hydroxyl groups is 1. The topological polar surface area (TPSA) is 83.6 Å². The summed E-state index contributed by atoms with van der Waals surface area (Å²) in [4.78, 5) is 22.9. The highest BCUT2D eigenvalue weighted by Crippen LogP contribution is 2.19. The number of aryl methyl sites for hydroxylation is 2. The van der Waals surface area contributed by atoms with Gasteiger partial charge in [0, 0.05) is 37.5 Å². The Labute approximate surface area is 135 Å². The third kappa shape index (κ3) is 3.19. The van der Waals surface area contributed by atoms with Crippen LogP contribution in [0.2, 0.25) is 0 Å². The minimum Gasteiger partial charge on any atom is -0.396 e. The minimum absolute atomic E-state index is 0.153. The molecule has 1 fully saturated rings. The van der Waals surface area contributed by atoms with Gasteiger partial charge in [-0.05, 0) is 44.6 Å². The SMILES string of the molecule is Cc1nc2ncnn2c(C)c1CCC(=O)N1CCCC(CO)C1. The van der Waals surface area contributed by atoms with E-state index in [4.69, 9.17) is 0 Å². The molecule has 2 aromatic rings. The average molecular weight is 317 g/mol. The number of fused-ring (bicyclic) bond motifs is 1. The summed E-state index contributed by atoms with van der Waals surface area (Å²) < 4.78 is 1.72. The van der Waals surface area contributed by atoms with Gasteiger partial charge in [0.1, 0.15) is 6.33 Å². The van der Waals surface area contributed by atoms with Crippen LogP contribution in [-0.4, -0.2) is 55.2 Å². The molecule has 2 aromatic heterocycles. The van der Waals surface area contributed by atoms with Crippen molar-refractivity contribution in [2.24, 2.45) is 5.92 Å². The van der Waals surface area contributed by atoms with Gasteiger partial charge >= 0.3 is 0 Å². The lowest BCUT2D eigenvalue weighted by Crippen LogP contribution is -2.41. The smallest absolute Gasteiger partial charge is 0.252 e. The molecule has 1 amide bonds. The molecule has 0 radical (unpaired) electrons. The largest absolute Gasteiger partial charge is 0.396 e. The van der Waals surface area contributed by atoms with Crippen molar-refractivity contribution in [1.82, 2.24) is 24.5 Å². The van der Waals surface area contributed by atoms with E-state index in [9.17, 15) is 9.90 Å². The summed E-state index contributed by atoms with van der Waals surface area (Å²) in [6.07, 6.45) is 4.58. The first-order chi connectivity index (χ1) is 11.1. The van der Waals surface area contributed by atoms with Crippen LogP contribution >= 0.6 is 0 Å². The Balaban J connectivity index is 1.69. The third-order valence-corrected chi connectivity index (χ3v) is 4.71. The van der Waals surface area contributed by atoms with Crippen molar-refractivity contribution < 1.29 is 9.90 Å². The highest BCUT2D eigenvalue weighted by atomic mass is 16.3. The number of amides is 1. The first-order valence-electron chi connectivity index (χ1n) is 8.14. The van der Waals surface area contributed by atoms with Crippen LogP contribution in [0.15, 0.2) is 6.33 Å². The molecule has 1 unspecified atom stereocenters.